The predicted molar refractivity (Wildman–Crippen MR) is 124 cm³/mol. The third kappa shape index (κ3) is 5.21. The Morgan fingerprint density at radius 1 is 1.09 bits per heavy atom. The second-order valence-electron chi connectivity index (χ2n) is 7.74. The molecule has 1 aliphatic heterocycles. The second kappa shape index (κ2) is 10.2. The van der Waals surface area contributed by atoms with Gasteiger partial charge < -0.3 is 10.2 Å². The molecule has 3 heterocycles. The van der Waals surface area contributed by atoms with Crippen LogP contribution in [0, 0.1) is 11.3 Å². The van der Waals surface area contributed by atoms with Gasteiger partial charge in [0.05, 0.1) is 12.1 Å². The van der Waals surface area contributed by atoms with E-state index in [1.54, 1.807) is 6.20 Å². The standard InChI is InChI=1S/C25H24N4O2S/c26-16-21-20-13-15-29(24(31)12-10-19-8-4-5-14-27-19)17-22(20)32-25(21)28-23(30)11-9-18-6-2-1-3-7-18/h1-8,14H,9-13,15,17H2,(H,28,30). The summed E-state index contributed by atoms with van der Waals surface area (Å²) in [6, 6.07) is 17.8. The van der Waals surface area contributed by atoms with Gasteiger partial charge in [0.25, 0.3) is 0 Å². The molecule has 0 bridgehead atoms. The highest BCUT2D eigenvalue weighted by molar-refractivity contribution is 7.16. The third-order valence-corrected chi connectivity index (χ3v) is 6.71. The molecule has 0 atom stereocenters. The van der Waals surface area contributed by atoms with Gasteiger partial charge in [-0.05, 0) is 42.5 Å². The van der Waals surface area contributed by atoms with Crippen LogP contribution in [0.25, 0.3) is 0 Å². The fourth-order valence-corrected chi connectivity index (χ4v) is 5.08. The normalized spacial score (nSPS) is 12.7. The molecular formula is C25H24N4O2S. The molecule has 4 rings (SSSR count). The van der Waals surface area contributed by atoms with Crippen molar-refractivity contribution in [3.63, 3.8) is 0 Å². The van der Waals surface area contributed by atoms with Gasteiger partial charge in [0.15, 0.2) is 0 Å². The molecule has 1 aliphatic rings. The number of aromatic nitrogens is 1. The highest BCUT2D eigenvalue weighted by atomic mass is 32.1. The smallest absolute Gasteiger partial charge is 0.225 e. The molecule has 162 valence electrons. The van der Waals surface area contributed by atoms with E-state index in [9.17, 15) is 14.9 Å². The zero-order chi connectivity index (χ0) is 22.3. The zero-order valence-corrected chi connectivity index (χ0v) is 18.5. The van der Waals surface area contributed by atoms with Crippen molar-refractivity contribution in [2.24, 2.45) is 0 Å². The summed E-state index contributed by atoms with van der Waals surface area (Å²) in [5.41, 5.74) is 3.51. The summed E-state index contributed by atoms with van der Waals surface area (Å²) in [6.45, 7) is 1.07. The van der Waals surface area contributed by atoms with Crippen LogP contribution in [0.3, 0.4) is 0 Å². The maximum atomic E-state index is 12.7. The van der Waals surface area contributed by atoms with Gasteiger partial charge in [-0.2, -0.15) is 5.26 Å². The number of amides is 2. The summed E-state index contributed by atoms with van der Waals surface area (Å²) < 4.78 is 0. The predicted octanol–water partition coefficient (Wildman–Crippen LogP) is 4.10. The Morgan fingerprint density at radius 2 is 1.91 bits per heavy atom. The SMILES string of the molecule is N#Cc1c(NC(=O)CCc2ccccc2)sc2c1CCN(C(=O)CCc1ccccn1)C2. The van der Waals surface area contributed by atoms with E-state index in [1.165, 1.54) is 11.3 Å². The maximum Gasteiger partial charge on any atom is 0.225 e. The molecular weight excluding hydrogens is 420 g/mol. The first-order valence-electron chi connectivity index (χ1n) is 10.7. The minimum Gasteiger partial charge on any atom is -0.337 e. The number of nitriles is 1. The fourth-order valence-electron chi connectivity index (χ4n) is 3.85. The van der Waals surface area contributed by atoms with Crippen LogP contribution in [0.15, 0.2) is 54.7 Å². The van der Waals surface area contributed by atoms with Gasteiger partial charge in [-0.1, -0.05) is 36.4 Å². The molecule has 0 fully saturated rings. The lowest BCUT2D eigenvalue weighted by atomic mass is 10.0. The Kier molecular flexibility index (Phi) is 6.93. The summed E-state index contributed by atoms with van der Waals surface area (Å²) in [7, 11) is 0. The largest absolute Gasteiger partial charge is 0.337 e. The van der Waals surface area contributed by atoms with E-state index in [-0.39, 0.29) is 11.8 Å². The Hall–Kier alpha value is -3.50. The molecule has 3 aromatic rings. The third-order valence-electron chi connectivity index (χ3n) is 5.58. The summed E-state index contributed by atoms with van der Waals surface area (Å²) in [6.07, 6.45) is 4.39. The van der Waals surface area contributed by atoms with Crippen molar-refractivity contribution in [3.05, 3.63) is 82.0 Å². The number of hydrogen-bond donors (Lipinski definition) is 1. The van der Waals surface area contributed by atoms with Crippen LogP contribution >= 0.6 is 11.3 Å². The van der Waals surface area contributed by atoms with E-state index in [4.69, 9.17) is 0 Å². The molecule has 0 radical (unpaired) electrons. The van der Waals surface area contributed by atoms with Gasteiger partial charge >= 0.3 is 0 Å². The molecule has 0 aliphatic carbocycles. The first kappa shape index (κ1) is 21.7. The molecule has 0 spiro atoms. The van der Waals surface area contributed by atoms with E-state index in [0.29, 0.717) is 55.8 Å². The summed E-state index contributed by atoms with van der Waals surface area (Å²) in [5.74, 6) is -0.0195. The van der Waals surface area contributed by atoms with Crippen molar-refractivity contribution in [2.45, 2.75) is 38.6 Å². The number of benzene rings is 1. The Morgan fingerprint density at radius 3 is 2.66 bits per heavy atom. The second-order valence-corrected chi connectivity index (χ2v) is 8.85. The Balaban J connectivity index is 1.37. The summed E-state index contributed by atoms with van der Waals surface area (Å²) >= 11 is 1.41. The number of carbonyl (C=O) groups is 2. The number of fused-ring (bicyclic) bond motifs is 1. The number of hydrogen-bond acceptors (Lipinski definition) is 5. The quantitative estimate of drug-likeness (QED) is 0.594. The topological polar surface area (TPSA) is 86.1 Å². The van der Waals surface area contributed by atoms with Gasteiger partial charge in [0, 0.05) is 36.2 Å². The Labute approximate surface area is 191 Å². The number of pyridine rings is 1. The van der Waals surface area contributed by atoms with Gasteiger partial charge in [0.1, 0.15) is 11.1 Å². The van der Waals surface area contributed by atoms with Crippen LogP contribution in [-0.2, 0) is 35.4 Å². The summed E-state index contributed by atoms with van der Waals surface area (Å²) in [4.78, 5) is 32.3. The molecule has 0 saturated heterocycles. The van der Waals surface area contributed by atoms with E-state index < -0.39 is 0 Å². The molecule has 32 heavy (non-hydrogen) atoms. The van der Waals surface area contributed by atoms with Crippen molar-refractivity contribution in [2.75, 3.05) is 11.9 Å². The number of thiophene rings is 1. The number of carbonyl (C=O) groups excluding carboxylic acids is 2. The van der Waals surface area contributed by atoms with Crippen molar-refractivity contribution >= 4 is 28.2 Å². The van der Waals surface area contributed by atoms with E-state index >= 15 is 0 Å². The van der Waals surface area contributed by atoms with Crippen molar-refractivity contribution in [3.8, 4) is 6.07 Å². The van der Waals surface area contributed by atoms with Crippen LogP contribution in [0.1, 0.15) is 40.1 Å². The fraction of sp³-hybridized carbons (Fsp3) is 0.280. The van der Waals surface area contributed by atoms with Crippen LogP contribution in [-0.4, -0.2) is 28.2 Å². The van der Waals surface area contributed by atoms with Crippen LogP contribution in [0.4, 0.5) is 5.00 Å². The van der Waals surface area contributed by atoms with Crippen molar-refractivity contribution in [1.82, 2.24) is 9.88 Å². The lowest BCUT2D eigenvalue weighted by molar-refractivity contribution is -0.132. The number of nitrogens with zero attached hydrogens (tertiary/aromatic N) is 3. The van der Waals surface area contributed by atoms with Crippen LogP contribution in [0.5, 0.6) is 0 Å². The average Bonchev–Trinajstić information content (AvgIpc) is 3.18. The number of nitrogens with one attached hydrogen (secondary N) is 1. The van der Waals surface area contributed by atoms with E-state index in [1.807, 2.05) is 53.4 Å². The average molecular weight is 445 g/mol. The molecule has 7 heteroatoms. The molecule has 0 saturated carbocycles. The lowest BCUT2D eigenvalue weighted by Gasteiger charge is -2.27. The van der Waals surface area contributed by atoms with Crippen LogP contribution in [0.2, 0.25) is 0 Å². The first-order chi connectivity index (χ1) is 15.6. The highest BCUT2D eigenvalue weighted by Crippen LogP contribution is 2.37. The van der Waals surface area contributed by atoms with Crippen molar-refractivity contribution in [1.29, 1.82) is 5.26 Å². The first-order valence-corrected chi connectivity index (χ1v) is 11.5. The molecule has 6 nitrogen and oxygen atoms in total. The lowest BCUT2D eigenvalue weighted by Crippen LogP contribution is -2.35. The Bertz CT molecular complexity index is 1140. The van der Waals surface area contributed by atoms with Gasteiger partial charge in [-0.15, -0.1) is 11.3 Å². The van der Waals surface area contributed by atoms with Crippen molar-refractivity contribution < 1.29 is 9.59 Å². The molecule has 0 unspecified atom stereocenters. The van der Waals surface area contributed by atoms with E-state index in [2.05, 4.69) is 16.4 Å². The molecule has 2 amide bonds. The minimum atomic E-state index is -0.104. The number of anilines is 1. The zero-order valence-electron chi connectivity index (χ0n) is 17.7. The highest BCUT2D eigenvalue weighted by Gasteiger charge is 2.27. The van der Waals surface area contributed by atoms with Crippen LogP contribution < -0.4 is 5.32 Å². The monoisotopic (exact) mass is 444 g/mol. The summed E-state index contributed by atoms with van der Waals surface area (Å²) in [5, 5.41) is 13.2. The molecule has 2 aromatic heterocycles. The van der Waals surface area contributed by atoms with Gasteiger partial charge in [-0.3, -0.25) is 14.6 Å². The van der Waals surface area contributed by atoms with Gasteiger partial charge in [0.2, 0.25) is 11.8 Å². The molecule has 1 aromatic carbocycles. The van der Waals surface area contributed by atoms with E-state index in [0.717, 1.165) is 21.7 Å². The van der Waals surface area contributed by atoms with Gasteiger partial charge in [-0.25, -0.2) is 0 Å². The minimum absolute atomic E-state index is 0.0849. The number of rotatable bonds is 7. The maximum absolute atomic E-state index is 12.7. The number of aryl methyl sites for hydroxylation is 2. The molecule has 1 N–H and O–H groups in total.